The second kappa shape index (κ2) is 13.5. The lowest BCUT2D eigenvalue weighted by Gasteiger charge is -2.33. The molecule has 10 heteroatoms. The van der Waals surface area contributed by atoms with E-state index >= 15 is 0 Å². The van der Waals surface area contributed by atoms with Crippen molar-refractivity contribution in [2.45, 2.75) is 62.6 Å². The molecule has 1 atom stereocenters. The first-order valence-corrected chi connectivity index (χ1v) is 15.5. The van der Waals surface area contributed by atoms with Crippen molar-refractivity contribution in [1.29, 1.82) is 0 Å². The standard InChI is InChI=1S/C30H33Cl2N3O4S/c1-22(30(37)33-24-11-5-2-6-12-24)34(20-23-17-18-27(31)28(32)19-23)29(36)21-35(25-13-7-3-8-14-25)40(38,39)26-15-9-4-10-16-26/h3-4,7-10,13-19,22,24H,2,5-6,11-12,20-21H2,1H3,(H,33,37)/t22-/m0/s1. The molecule has 40 heavy (non-hydrogen) atoms. The van der Waals surface area contributed by atoms with Gasteiger partial charge in [-0.3, -0.25) is 13.9 Å². The third-order valence-electron chi connectivity index (χ3n) is 7.11. The quantitative estimate of drug-likeness (QED) is 0.306. The minimum absolute atomic E-state index is 0.0446. The average Bonchev–Trinajstić information content (AvgIpc) is 2.97. The van der Waals surface area contributed by atoms with E-state index in [9.17, 15) is 18.0 Å². The molecule has 0 heterocycles. The van der Waals surface area contributed by atoms with Crippen molar-refractivity contribution in [2.24, 2.45) is 0 Å². The number of hydrogen-bond donors (Lipinski definition) is 1. The molecule has 0 bridgehead atoms. The molecule has 1 aliphatic rings. The minimum atomic E-state index is -4.09. The second-order valence-electron chi connectivity index (χ2n) is 9.95. The van der Waals surface area contributed by atoms with Crippen LogP contribution in [-0.2, 0) is 26.2 Å². The van der Waals surface area contributed by atoms with Crippen molar-refractivity contribution in [3.05, 3.63) is 94.5 Å². The molecular formula is C30H33Cl2N3O4S. The van der Waals surface area contributed by atoms with E-state index in [0.717, 1.165) is 36.4 Å². The summed E-state index contributed by atoms with van der Waals surface area (Å²) in [5.41, 5.74) is 1.01. The highest BCUT2D eigenvalue weighted by atomic mass is 35.5. The number of para-hydroxylation sites is 1. The van der Waals surface area contributed by atoms with Gasteiger partial charge in [-0.25, -0.2) is 8.42 Å². The number of nitrogens with one attached hydrogen (secondary N) is 1. The minimum Gasteiger partial charge on any atom is -0.352 e. The van der Waals surface area contributed by atoms with Gasteiger partial charge in [-0.15, -0.1) is 0 Å². The summed E-state index contributed by atoms with van der Waals surface area (Å²) < 4.78 is 28.6. The van der Waals surface area contributed by atoms with Gasteiger partial charge in [-0.1, -0.05) is 84.9 Å². The number of halogens is 2. The Labute approximate surface area is 246 Å². The second-order valence-corrected chi connectivity index (χ2v) is 12.6. The number of sulfonamides is 1. The number of carbonyl (C=O) groups excluding carboxylic acids is 2. The number of rotatable bonds is 10. The van der Waals surface area contributed by atoms with Crippen molar-refractivity contribution >= 4 is 50.7 Å². The fourth-order valence-electron chi connectivity index (χ4n) is 4.83. The summed E-state index contributed by atoms with van der Waals surface area (Å²) in [7, 11) is -4.09. The van der Waals surface area contributed by atoms with Gasteiger partial charge in [0.2, 0.25) is 11.8 Å². The van der Waals surface area contributed by atoms with E-state index in [4.69, 9.17) is 23.2 Å². The number of amides is 2. The Balaban J connectivity index is 1.66. The van der Waals surface area contributed by atoms with Gasteiger partial charge in [0.25, 0.3) is 10.0 Å². The Kier molecular flexibility index (Phi) is 10.1. The van der Waals surface area contributed by atoms with Gasteiger partial charge >= 0.3 is 0 Å². The van der Waals surface area contributed by atoms with Gasteiger partial charge < -0.3 is 10.2 Å². The van der Waals surface area contributed by atoms with E-state index in [1.54, 1.807) is 73.7 Å². The highest BCUT2D eigenvalue weighted by Gasteiger charge is 2.33. The molecule has 1 fully saturated rings. The van der Waals surface area contributed by atoms with E-state index in [2.05, 4.69) is 5.32 Å². The number of benzene rings is 3. The maximum absolute atomic E-state index is 14.0. The molecule has 0 unspecified atom stereocenters. The monoisotopic (exact) mass is 601 g/mol. The van der Waals surface area contributed by atoms with E-state index in [0.29, 0.717) is 21.3 Å². The topological polar surface area (TPSA) is 86.8 Å². The maximum Gasteiger partial charge on any atom is 0.264 e. The first-order valence-electron chi connectivity index (χ1n) is 13.3. The van der Waals surface area contributed by atoms with Crippen LogP contribution in [0.25, 0.3) is 0 Å². The Morgan fingerprint density at radius 3 is 2.15 bits per heavy atom. The van der Waals surface area contributed by atoms with Crippen LogP contribution < -0.4 is 9.62 Å². The summed E-state index contributed by atoms with van der Waals surface area (Å²) in [6.07, 6.45) is 5.05. The number of hydrogen-bond acceptors (Lipinski definition) is 4. The molecule has 0 saturated heterocycles. The Bertz CT molecular complexity index is 1420. The molecule has 0 radical (unpaired) electrons. The normalized spacial score (nSPS) is 14.8. The molecule has 212 valence electrons. The summed E-state index contributed by atoms with van der Waals surface area (Å²) in [5, 5.41) is 3.78. The summed E-state index contributed by atoms with van der Waals surface area (Å²) >= 11 is 12.3. The van der Waals surface area contributed by atoms with Crippen LogP contribution in [0.15, 0.2) is 83.8 Å². The van der Waals surface area contributed by atoms with Crippen molar-refractivity contribution in [3.8, 4) is 0 Å². The third kappa shape index (κ3) is 7.36. The fourth-order valence-corrected chi connectivity index (χ4v) is 6.58. The molecular weight excluding hydrogens is 569 g/mol. The summed E-state index contributed by atoms with van der Waals surface area (Å²) in [5.74, 6) is -0.807. The first kappa shape index (κ1) is 29.9. The predicted octanol–water partition coefficient (Wildman–Crippen LogP) is 6.05. The van der Waals surface area contributed by atoms with Crippen LogP contribution in [0.4, 0.5) is 5.69 Å². The summed E-state index contributed by atoms with van der Waals surface area (Å²) in [4.78, 5) is 28.8. The van der Waals surface area contributed by atoms with Crippen molar-refractivity contribution in [3.63, 3.8) is 0 Å². The Morgan fingerprint density at radius 1 is 0.900 bits per heavy atom. The van der Waals surface area contributed by atoms with Crippen LogP contribution >= 0.6 is 23.2 Å². The molecule has 7 nitrogen and oxygen atoms in total. The van der Waals surface area contributed by atoms with Crippen LogP contribution in [-0.4, -0.2) is 43.8 Å². The van der Waals surface area contributed by atoms with Gasteiger partial charge in [-0.05, 0) is 61.7 Å². The van der Waals surface area contributed by atoms with Crippen molar-refractivity contribution in [2.75, 3.05) is 10.8 Å². The Morgan fingerprint density at radius 2 is 1.52 bits per heavy atom. The molecule has 1 aliphatic carbocycles. The molecule has 0 aromatic heterocycles. The molecule has 3 aromatic rings. The molecule has 0 spiro atoms. The van der Waals surface area contributed by atoms with Crippen molar-refractivity contribution < 1.29 is 18.0 Å². The number of carbonyl (C=O) groups is 2. The van der Waals surface area contributed by atoms with Crippen molar-refractivity contribution in [1.82, 2.24) is 10.2 Å². The zero-order valence-electron chi connectivity index (χ0n) is 22.3. The van der Waals surface area contributed by atoms with Gasteiger partial charge in [0.15, 0.2) is 0 Å². The lowest BCUT2D eigenvalue weighted by atomic mass is 9.95. The maximum atomic E-state index is 14.0. The van der Waals surface area contributed by atoms with Crippen LogP contribution in [0.2, 0.25) is 10.0 Å². The van der Waals surface area contributed by atoms with Gasteiger partial charge in [0.05, 0.1) is 20.6 Å². The Hall–Kier alpha value is -3.07. The average molecular weight is 603 g/mol. The first-order chi connectivity index (χ1) is 19.2. The number of nitrogens with zero attached hydrogens (tertiary/aromatic N) is 2. The molecule has 4 rings (SSSR count). The zero-order chi connectivity index (χ0) is 28.7. The van der Waals surface area contributed by atoms with Crippen LogP contribution in [0.3, 0.4) is 0 Å². The number of anilines is 1. The van der Waals surface area contributed by atoms with Crippen LogP contribution in [0, 0.1) is 0 Å². The largest absolute Gasteiger partial charge is 0.352 e. The third-order valence-corrected chi connectivity index (χ3v) is 9.64. The highest BCUT2D eigenvalue weighted by Crippen LogP contribution is 2.26. The predicted molar refractivity (Wildman–Crippen MR) is 159 cm³/mol. The van der Waals surface area contributed by atoms with E-state index in [-0.39, 0.29) is 23.4 Å². The molecule has 1 saturated carbocycles. The lowest BCUT2D eigenvalue weighted by Crippen LogP contribution is -2.53. The fraction of sp³-hybridized carbons (Fsp3) is 0.333. The smallest absolute Gasteiger partial charge is 0.264 e. The highest BCUT2D eigenvalue weighted by molar-refractivity contribution is 7.92. The molecule has 0 aliphatic heterocycles. The zero-order valence-corrected chi connectivity index (χ0v) is 24.6. The summed E-state index contributed by atoms with van der Waals surface area (Å²) in [6, 6.07) is 20.6. The van der Waals surface area contributed by atoms with Gasteiger partial charge in [-0.2, -0.15) is 0 Å². The van der Waals surface area contributed by atoms with Crippen LogP contribution in [0.5, 0.6) is 0 Å². The molecule has 3 aromatic carbocycles. The van der Waals surface area contributed by atoms with Crippen LogP contribution in [0.1, 0.15) is 44.6 Å². The lowest BCUT2D eigenvalue weighted by molar-refractivity contribution is -0.139. The summed E-state index contributed by atoms with van der Waals surface area (Å²) in [6.45, 7) is 1.21. The SMILES string of the molecule is C[C@@H](C(=O)NC1CCCCC1)N(Cc1ccc(Cl)c(Cl)c1)C(=O)CN(c1ccccc1)S(=O)(=O)c1ccccc1. The molecule has 2 amide bonds. The van der Waals surface area contributed by atoms with E-state index in [1.807, 2.05) is 0 Å². The van der Waals surface area contributed by atoms with E-state index < -0.39 is 28.5 Å². The molecule has 1 N–H and O–H groups in total. The van der Waals surface area contributed by atoms with E-state index in [1.165, 1.54) is 17.0 Å². The van der Waals surface area contributed by atoms with Gasteiger partial charge in [0.1, 0.15) is 12.6 Å². The van der Waals surface area contributed by atoms with Gasteiger partial charge in [0, 0.05) is 12.6 Å².